The van der Waals surface area contributed by atoms with Crippen molar-refractivity contribution in [2.75, 3.05) is 5.32 Å². The molecule has 0 radical (unpaired) electrons. The average Bonchev–Trinajstić information content (AvgIpc) is 3.56. The molecule has 2 fully saturated rings. The first-order valence-electron chi connectivity index (χ1n) is 11.7. The van der Waals surface area contributed by atoms with Crippen molar-refractivity contribution >= 4 is 40.4 Å². The summed E-state index contributed by atoms with van der Waals surface area (Å²) in [6, 6.07) is 5.75. The maximum Gasteiger partial charge on any atom is 0.295 e. The van der Waals surface area contributed by atoms with E-state index in [1.165, 1.54) is 0 Å². The number of fused-ring (bicyclic) bond motifs is 1. The molecular weight excluding hydrogens is 464 g/mol. The van der Waals surface area contributed by atoms with Gasteiger partial charge in [0.1, 0.15) is 0 Å². The minimum Gasteiger partial charge on any atom is -0.349 e. The normalized spacial score (nSPS) is 19.2. The number of amides is 2. The van der Waals surface area contributed by atoms with E-state index in [1.54, 1.807) is 12.4 Å². The van der Waals surface area contributed by atoms with Gasteiger partial charge >= 0.3 is 0 Å². The van der Waals surface area contributed by atoms with E-state index in [9.17, 15) is 9.59 Å². The van der Waals surface area contributed by atoms with Crippen LogP contribution < -0.4 is 16.0 Å². The number of aryl methyl sites for hydroxylation is 1. The molecule has 8 nitrogen and oxygen atoms in total. The van der Waals surface area contributed by atoms with E-state index < -0.39 is 5.91 Å². The molecule has 3 N–H and O–H groups in total. The summed E-state index contributed by atoms with van der Waals surface area (Å²) in [7, 11) is 0. The van der Waals surface area contributed by atoms with Gasteiger partial charge in [0, 0.05) is 57.6 Å². The topological polar surface area (TPSA) is 109 Å². The lowest BCUT2D eigenvalue weighted by Gasteiger charge is -2.21. The van der Waals surface area contributed by atoms with Gasteiger partial charge in [-0.3, -0.25) is 9.59 Å². The molecule has 0 spiro atoms. The Hall–Kier alpha value is -3.70. The van der Waals surface area contributed by atoms with Crippen LogP contribution in [-0.4, -0.2) is 44.9 Å². The smallest absolute Gasteiger partial charge is 0.295 e. The van der Waals surface area contributed by atoms with Crippen LogP contribution >= 0.6 is 11.6 Å². The molecule has 2 aliphatic rings. The fourth-order valence-corrected chi connectivity index (χ4v) is 4.78. The number of carbonyl (C=O) groups excluding carboxylic acids is 2. The molecule has 0 aliphatic heterocycles. The van der Waals surface area contributed by atoms with Gasteiger partial charge in [-0.25, -0.2) is 9.97 Å². The molecule has 0 bridgehead atoms. The van der Waals surface area contributed by atoms with Crippen molar-refractivity contribution in [1.29, 1.82) is 0 Å². The Balaban J connectivity index is 1.38. The molecule has 2 saturated carbocycles. The molecule has 178 valence electrons. The summed E-state index contributed by atoms with van der Waals surface area (Å²) in [6.45, 7) is 1.88. The second-order valence-electron chi connectivity index (χ2n) is 9.13. The highest BCUT2D eigenvalue weighted by Gasteiger charge is 2.29. The lowest BCUT2D eigenvalue weighted by Crippen LogP contribution is -2.43. The van der Waals surface area contributed by atoms with Crippen LogP contribution in [0.1, 0.15) is 48.0 Å². The number of nitrogens with one attached hydrogen (secondary N) is 3. The van der Waals surface area contributed by atoms with E-state index in [0.717, 1.165) is 54.2 Å². The van der Waals surface area contributed by atoms with E-state index in [4.69, 9.17) is 18.0 Å². The first kappa shape index (κ1) is 23.1. The summed E-state index contributed by atoms with van der Waals surface area (Å²) >= 11 is 6.55. The number of hydrogen-bond donors (Lipinski definition) is 3. The van der Waals surface area contributed by atoms with Gasteiger partial charge in [-0.05, 0) is 68.7 Å². The van der Waals surface area contributed by atoms with E-state index >= 15 is 0 Å². The van der Waals surface area contributed by atoms with Crippen molar-refractivity contribution in [1.82, 2.24) is 25.6 Å². The molecule has 2 aliphatic carbocycles. The summed E-state index contributed by atoms with van der Waals surface area (Å²) in [5.41, 5.74) is 3.47. The Labute approximate surface area is 208 Å². The van der Waals surface area contributed by atoms with Gasteiger partial charge in [0.25, 0.3) is 11.8 Å². The first-order chi connectivity index (χ1) is 16.9. The number of hydrogen-bond acceptors (Lipinski definition) is 6. The third kappa shape index (κ3) is 5.05. The summed E-state index contributed by atoms with van der Waals surface area (Å²) in [5.74, 6) is 2.04. The molecule has 1 aromatic carbocycles. The number of nitrogens with zero attached hydrogens (tertiary/aromatic N) is 3. The minimum atomic E-state index is -0.416. The number of pyridine rings is 1. The zero-order chi connectivity index (χ0) is 24.5. The van der Waals surface area contributed by atoms with Crippen LogP contribution in [0.4, 0.5) is 5.95 Å². The zero-order valence-corrected chi connectivity index (χ0v) is 20.0. The van der Waals surface area contributed by atoms with Crippen LogP contribution in [0.3, 0.4) is 0 Å². The Morgan fingerprint density at radius 1 is 1.06 bits per heavy atom. The number of aromatic nitrogens is 3. The van der Waals surface area contributed by atoms with Gasteiger partial charge in [-0.15, -0.1) is 6.42 Å². The predicted octanol–water partition coefficient (Wildman–Crippen LogP) is 3.63. The predicted molar refractivity (Wildman–Crippen MR) is 135 cm³/mol. The third-order valence-corrected chi connectivity index (χ3v) is 6.81. The van der Waals surface area contributed by atoms with Crippen LogP contribution in [0.2, 0.25) is 5.02 Å². The van der Waals surface area contributed by atoms with Crippen LogP contribution in [-0.2, 0) is 4.79 Å². The Kier molecular flexibility index (Phi) is 6.27. The number of halogens is 1. The molecular formula is C26H25ClN6O2. The summed E-state index contributed by atoms with van der Waals surface area (Å²) in [6.07, 6.45) is 13.3. The van der Waals surface area contributed by atoms with Crippen LogP contribution in [0, 0.1) is 19.3 Å². The van der Waals surface area contributed by atoms with Crippen LogP contribution in [0.25, 0.3) is 22.2 Å². The molecule has 5 rings (SSSR count). The van der Waals surface area contributed by atoms with Crippen molar-refractivity contribution in [2.45, 2.75) is 57.2 Å². The summed E-state index contributed by atoms with van der Waals surface area (Å²) in [4.78, 5) is 37.8. The maximum absolute atomic E-state index is 12.7. The number of terminal acetylenes is 1. The zero-order valence-electron chi connectivity index (χ0n) is 19.3. The van der Waals surface area contributed by atoms with Gasteiger partial charge in [-0.1, -0.05) is 11.6 Å². The van der Waals surface area contributed by atoms with Gasteiger partial charge in [0.2, 0.25) is 5.95 Å². The molecule has 3 aromatic rings. The van der Waals surface area contributed by atoms with Gasteiger partial charge in [-0.2, -0.15) is 4.98 Å². The summed E-state index contributed by atoms with van der Waals surface area (Å²) < 4.78 is 0. The molecule has 0 saturated heterocycles. The lowest BCUT2D eigenvalue weighted by atomic mass is 9.99. The Morgan fingerprint density at radius 3 is 2.63 bits per heavy atom. The number of carbonyl (C=O) groups is 2. The van der Waals surface area contributed by atoms with Crippen molar-refractivity contribution in [3.63, 3.8) is 0 Å². The standard InChI is InChI=1S/C26H25ClN6O2/c1-3-23(34)31-21-5-4-6-22(21)32-26-29-13-16-10-15(12-28-24(16)33-26)19-11-18(14(2)9-20(19)27)25(35)30-17-7-8-17/h1,9-13,17,21-22H,4-8H2,2H3,(H,30,35)(H,31,34)(H,28,29,32,33)/t21-,22+/m0/s1. The van der Waals surface area contributed by atoms with Gasteiger partial charge in [0.15, 0.2) is 5.65 Å². The SMILES string of the molecule is C#CC(=O)N[C@H]1CCC[C@H]1Nc1ncc2cc(-c3cc(C(=O)NC4CC4)c(C)cc3Cl)cnc2n1. The van der Waals surface area contributed by atoms with Crippen molar-refractivity contribution < 1.29 is 9.59 Å². The second-order valence-corrected chi connectivity index (χ2v) is 9.54. The average molecular weight is 489 g/mol. The lowest BCUT2D eigenvalue weighted by molar-refractivity contribution is -0.116. The van der Waals surface area contributed by atoms with Crippen molar-refractivity contribution in [2.24, 2.45) is 0 Å². The largest absolute Gasteiger partial charge is 0.349 e. The first-order valence-corrected chi connectivity index (χ1v) is 12.1. The van der Waals surface area contributed by atoms with Gasteiger partial charge < -0.3 is 16.0 Å². The second kappa shape index (κ2) is 9.51. The van der Waals surface area contributed by atoms with E-state index in [0.29, 0.717) is 22.2 Å². The van der Waals surface area contributed by atoms with Crippen LogP contribution in [0.5, 0.6) is 0 Å². The van der Waals surface area contributed by atoms with Gasteiger partial charge in [0.05, 0.1) is 0 Å². The highest BCUT2D eigenvalue weighted by Crippen LogP contribution is 2.32. The Bertz CT molecular complexity index is 1360. The van der Waals surface area contributed by atoms with Crippen LogP contribution in [0.15, 0.2) is 30.6 Å². The molecule has 9 heteroatoms. The monoisotopic (exact) mass is 488 g/mol. The highest BCUT2D eigenvalue weighted by molar-refractivity contribution is 6.33. The number of benzene rings is 1. The highest BCUT2D eigenvalue weighted by atomic mass is 35.5. The maximum atomic E-state index is 12.7. The molecule has 0 unspecified atom stereocenters. The third-order valence-electron chi connectivity index (χ3n) is 6.49. The molecule has 2 heterocycles. The molecule has 35 heavy (non-hydrogen) atoms. The molecule has 2 amide bonds. The number of anilines is 1. The van der Waals surface area contributed by atoms with E-state index in [2.05, 4.69) is 36.8 Å². The molecule has 2 aromatic heterocycles. The summed E-state index contributed by atoms with van der Waals surface area (Å²) in [5, 5.41) is 10.5. The van der Waals surface area contributed by atoms with E-state index in [-0.39, 0.29) is 24.0 Å². The number of rotatable bonds is 6. The van der Waals surface area contributed by atoms with E-state index in [1.807, 2.05) is 25.1 Å². The minimum absolute atomic E-state index is 0.00408. The fourth-order valence-electron chi connectivity index (χ4n) is 4.45. The molecule has 2 atom stereocenters. The quantitative estimate of drug-likeness (QED) is 0.457. The van der Waals surface area contributed by atoms with Crippen molar-refractivity contribution in [3.8, 4) is 23.5 Å². The van der Waals surface area contributed by atoms with Crippen molar-refractivity contribution in [3.05, 3.63) is 46.7 Å². The fraction of sp³-hybridized carbons (Fsp3) is 0.346. The Morgan fingerprint density at radius 2 is 1.86 bits per heavy atom.